The lowest BCUT2D eigenvalue weighted by molar-refractivity contribution is -0.132. The molecular formula is C13H18N4O2. The van der Waals surface area contributed by atoms with Crippen molar-refractivity contribution in [1.29, 1.82) is 0 Å². The van der Waals surface area contributed by atoms with E-state index in [0.717, 1.165) is 6.54 Å². The number of nitrogens with one attached hydrogen (secondary N) is 1. The number of carbonyl (C=O) groups excluding carboxylic acids is 2. The standard InChI is InChI=1S/C13H18N4O2/c1-8(2)17-5-9-4-16(6-10(9)12(17)18)13(19)11-3-14-7-15-11/h3,7-10H,4-6H2,1-2H3,(H,14,15)/t9-,10-/m1/s1. The molecule has 0 unspecified atom stereocenters. The van der Waals surface area contributed by atoms with E-state index in [2.05, 4.69) is 9.97 Å². The van der Waals surface area contributed by atoms with E-state index in [4.69, 9.17) is 0 Å². The highest BCUT2D eigenvalue weighted by atomic mass is 16.2. The lowest BCUT2D eigenvalue weighted by Crippen LogP contribution is -2.38. The highest BCUT2D eigenvalue weighted by Gasteiger charge is 2.48. The van der Waals surface area contributed by atoms with Gasteiger partial charge < -0.3 is 14.8 Å². The van der Waals surface area contributed by atoms with Crippen molar-refractivity contribution in [2.45, 2.75) is 19.9 Å². The van der Waals surface area contributed by atoms with E-state index in [1.54, 1.807) is 4.90 Å². The van der Waals surface area contributed by atoms with Gasteiger partial charge in [-0.15, -0.1) is 0 Å². The molecule has 0 aliphatic carbocycles. The quantitative estimate of drug-likeness (QED) is 0.836. The molecule has 0 saturated carbocycles. The average Bonchev–Trinajstić information content (AvgIpc) is 3.05. The normalized spacial score (nSPS) is 26.4. The van der Waals surface area contributed by atoms with Crippen LogP contribution in [0, 0.1) is 11.8 Å². The maximum absolute atomic E-state index is 12.3. The molecule has 6 nitrogen and oxygen atoms in total. The average molecular weight is 262 g/mol. The van der Waals surface area contributed by atoms with Gasteiger partial charge in [0.2, 0.25) is 5.91 Å². The van der Waals surface area contributed by atoms with E-state index >= 15 is 0 Å². The number of imidazole rings is 1. The molecular weight excluding hydrogens is 244 g/mol. The molecule has 1 N–H and O–H groups in total. The molecule has 0 spiro atoms. The SMILES string of the molecule is CC(C)N1C[C@H]2CN(C(=O)c3cnc[nH]3)C[C@H]2C1=O. The molecule has 102 valence electrons. The van der Waals surface area contributed by atoms with Crippen LogP contribution in [0.4, 0.5) is 0 Å². The molecule has 3 rings (SSSR count). The van der Waals surface area contributed by atoms with Crippen LogP contribution in [-0.4, -0.2) is 57.3 Å². The van der Waals surface area contributed by atoms with Crippen LogP contribution >= 0.6 is 0 Å². The fourth-order valence-electron chi connectivity index (χ4n) is 3.07. The van der Waals surface area contributed by atoms with E-state index in [1.807, 2.05) is 18.7 Å². The summed E-state index contributed by atoms with van der Waals surface area (Å²) in [6.45, 7) is 6.04. The van der Waals surface area contributed by atoms with Gasteiger partial charge in [0, 0.05) is 31.6 Å². The van der Waals surface area contributed by atoms with E-state index < -0.39 is 0 Å². The van der Waals surface area contributed by atoms with Crippen molar-refractivity contribution in [2.24, 2.45) is 11.8 Å². The van der Waals surface area contributed by atoms with Crippen LogP contribution in [0.2, 0.25) is 0 Å². The van der Waals surface area contributed by atoms with Crippen molar-refractivity contribution in [1.82, 2.24) is 19.8 Å². The molecule has 3 heterocycles. The summed E-state index contributed by atoms with van der Waals surface area (Å²) in [4.78, 5) is 34.8. The number of hydrogen-bond acceptors (Lipinski definition) is 3. The molecule has 1 aromatic rings. The summed E-state index contributed by atoms with van der Waals surface area (Å²) in [5, 5.41) is 0. The van der Waals surface area contributed by atoms with Crippen LogP contribution in [0.25, 0.3) is 0 Å². The predicted molar refractivity (Wildman–Crippen MR) is 68.3 cm³/mol. The van der Waals surface area contributed by atoms with E-state index in [0.29, 0.717) is 18.8 Å². The van der Waals surface area contributed by atoms with Gasteiger partial charge in [-0.05, 0) is 13.8 Å². The summed E-state index contributed by atoms with van der Waals surface area (Å²) < 4.78 is 0. The van der Waals surface area contributed by atoms with E-state index in [1.165, 1.54) is 12.5 Å². The number of nitrogens with zero attached hydrogens (tertiary/aromatic N) is 3. The third-order valence-corrected chi connectivity index (χ3v) is 4.11. The molecule has 2 saturated heterocycles. The Balaban J connectivity index is 1.70. The van der Waals surface area contributed by atoms with Gasteiger partial charge in [-0.1, -0.05) is 0 Å². The second kappa shape index (κ2) is 4.36. The second-order valence-corrected chi connectivity index (χ2v) is 5.63. The van der Waals surface area contributed by atoms with Crippen LogP contribution in [0.3, 0.4) is 0 Å². The van der Waals surface area contributed by atoms with Crippen molar-refractivity contribution in [3.63, 3.8) is 0 Å². The Morgan fingerprint density at radius 2 is 2.21 bits per heavy atom. The van der Waals surface area contributed by atoms with Gasteiger partial charge in [-0.25, -0.2) is 4.98 Å². The van der Waals surface area contributed by atoms with Gasteiger partial charge >= 0.3 is 0 Å². The summed E-state index contributed by atoms with van der Waals surface area (Å²) in [7, 11) is 0. The number of aromatic nitrogens is 2. The van der Waals surface area contributed by atoms with Crippen LogP contribution < -0.4 is 0 Å². The zero-order chi connectivity index (χ0) is 13.6. The second-order valence-electron chi connectivity index (χ2n) is 5.63. The maximum atomic E-state index is 12.3. The van der Waals surface area contributed by atoms with Crippen LogP contribution in [0.15, 0.2) is 12.5 Å². The molecule has 0 radical (unpaired) electrons. The molecule has 2 fully saturated rings. The molecule has 2 aliphatic rings. The number of rotatable bonds is 2. The van der Waals surface area contributed by atoms with Gasteiger partial charge in [0.25, 0.3) is 5.91 Å². The zero-order valence-corrected chi connectivity index (χ0v) is 11.2. The summed E-state index contributed by atoms with van der Waals surface area (Å²) in [6.07, 6.45) is 3.02. The van der Waals surface area contributed by atoms with Crippen molar-refractivity contribution < 1.29 is 9.59 Å². The molecule has 2 amide bonds. The molecule has 2 atom stereocenters. The first-order valence-corrected chi connectivity index (χ1v) is 6.66. The van der Waals surface area contributed by atoms with Crippen LogP contribution in [0.5, 0.6) is 0 Å². The number of hydrogen-bond donors (Lipinski definition) is 1. The summed E-state index contributed by atoms with van der Waals surface area (Å²) in [5.74, 6) is 0.395. The third kappa shape index (κ3) is 1.91. The predicted octanol–water partition coefficient (Wildman–Crippen LogP) is 0.349. The Kier molecular flexibility index (Phi) is 2.80. The number of amides is 2. The molecule has 1 aromatic heterocycles. The van der Waals surface area contributed by atoms with Crippen molar-refractivity contribution >= 4 is 11.8 Å². The number of H-pyrrole nitrogens is 1. The number of aromatic amines is 1. The largest absolute Gasteiger partial charge is 0.341 e. The molecule has 2 aliphatic heterocycles. The van der Waals surface area contributed by atoms with Gasteiger partial charge in [0.1, 0.15) is 5.69 Å². The minimum Gasteiger partial charge on any atom is -0.341 e. The Morgan fingerprint density at radius 1 is 1.42 bits per heavy atom. The molecule has 19 heavy (non-hydrogen) atoms. The number of likely N-dealkylation sites (tertiary alicyclic amines) is 2. The number of carbonyl (C=O) groups is 2. The van der Waals surface area contributed by atoms with Gasteiger partial charge in [-0.3, -0.25) is 9.59 Å². The fraction of sp³-hybridized carbons (Fsp3) is 0.615. The zero-order valence-electron chi connectivity index (χ0n) is 11.2. The minimum absolute atomic E-state index is 0.0192. The first-order valence-electron chi connectivity index (χ1n) is 6.66. The molecule has 6 heteroatoms. The first kappa shape index (κ1) is 12.2. The topological polar surface area (TPSA) is 69.3 Å². The molecule has 0 aromatic carbocycles. The van der Waals surface area contributed by atoms with Crippen molar-refractivity contribution in [3.8, 4) is 0 Å². The summed E-state index contributed by atoms with van der Waals surface area (Å²) >= 11 is 0. The fourth-order valence-corrected chi connectivity index (χ4v) is 3.07. The van der Waals surface area contributed by atoms with Crippen LogP contribution in [-0.2, 0) is 4.79 Å². The third-order valence-electron chi connectivity index (χ3n) is 4.11. The molecule has 0 bridgehead atoms. The Labute approximate surface area is 111 Å². The first-order chi connectivity index (χ1) is 9.08. The van der Waals surface area contributed by atoms with E-state index in [-0.39, 0.29) is 29.7 Å². The van der Waals surface area contributed by atoms with Gasteiger partial charge in [-0.2, -0.15) is 0 Å². The highest BCUT2D eigenvalue weighted by Crippen LogP contribution is 2.33. The lowest BCUT2D eigenvalue weighted by Gasteiger charge is -2.24. The maximum Gasteiger partial charge on any atom is 0.271 e. The number of fused-ring (bicyclic) bond motifs is 1. The lowest BCUT2D eigenvalue weighted by atomic mass is 10.0. The Bertz CT molecular complexity index is 497. The summed E-state index contributed by atoms with van der Waals surface area (Å²) in [5.41, 5.74) is 0.494. The van der Waals surface area contributed by atoms with Gasteiger partial charge in [0.15, 0.2) is 0 Å². The van der Waals surface area contributed by atoms with Gasteiger partial charge in [0.05, 0.1) is 18.4 Å². The van der Waals surface area contributed by atoms with Crippen LogP contribution in [0.1, 0.15) is 24.3 Å². The highest BCUT2D eigenvalue weighted by molar-refractivity contribution is 5.93. The monoisotopic (exact) mass is 262 g/mol. The smallest absolute Gasteiger partial charge is 0.271 e. The van der Waals surface area contributed by atoms with Crippen molar-refractivity contribution in [3.05, 3.63) is 18.2 Å². The summed E-state index contributed by atoms with van der Waals surface area (Å²) in [6, 6.07) is 0.245. The van der Waals surface area contributed by atoms with Crippen molar-refractivity contribution in [2.75, 3.05) is 19.6 Å². The van der Waals surface area contributed by atoms with E-state index in [9.17, 15) is 9.59 Å². The minimum atomic E-state index is -0.0594. The Morgan fingerprint density at radius 3 is 2.79 bits per heavy atom. The Hall–Kier alpha value is -1.85.